The number of benzene rings is 1. The highest BCUT2D eigenvalue weighted by Gasteiger charge is 2.44. The van der Waals surface area contributed by atoms with Crippen molar-refractivity contribution in [1.29, 1.82) is 0 Å². The zero-order chi connectivity index (χ0) is 18.4. The summed E-state index contributed by atoms with van der Waals surface area (Å²) in [6, 6.07) is 9.25. The second-order valence-electron chi connectivity index (χ2n) is 7.67. The molecule has 1 aliphatic carbocycles. The Bertz CT molecular complexity index is 606. The van der Waals surface area contributed by atoms with Crippen molar-refractivity contribution in [3.8, 4) is 0 Å². The molecule has 1 heterocycles. The minimum atomic E-state index is 0.253. The van der Waals surface area contributed by atoms with E-state index in [2.05, 4.69) is 60.6 Å². The van der Waals surface area contributed by atoms with Crippen molar-refractivity contribution in [3.05, 3.63) is 35.4 Å². The van der Waals surface area contributed by atoms with Gasteiger partial charge in [-0.05, 0) is 44.7 Å². The van der Waals surface area contributed by atoms with Crippen LogP contribution < -0.4 is 10.6 Å². The van der Waals surface area contributed by atoms with Crippen LogP contribution in [0.5, 0.6) is 0 Å². The number of rotatable bonds is 7. The zero-order valence-electron chi connectivity index (χ0n) is 16.6. The van der Waals surface area contributed by atoms with Crippen molar-refractivity contribution in [2.45, 2.75) is 45.1 Å². The van der Waals surface area contributed by atoms with Gasteiger partial charge in [0.2, 0.25) is 0 Å². The lowest BCUT2D eigenvalue weighted by atomic mass is 9.92. The van der Waals surface area contributed by atoms with Gasteiger partial charge in [-0.3, -0.25) is 9.89 Å². The Morgan fingerprint density at radius 1 is 1.23 bits per heavy atom. The molecular formula is C21H34N4O. The van der Waals surface area contributed by atoms with Crippen molar-refractivity contribution < 1.29 is 4.74 Å². The Hall–Kier alpha value is -1.59. The quantitative estimate of drug-likeness (QED) is 0.580. The number of morpholine rings is 1. The lowest BCUT2D eigenvalue weighted by Crippen LogP contribution is -2.49. The fraction of sp³-hybridized carbons (Fsp3) is 0.667. The molecule has 5 nitrogen and oxygen atoms in total. The molecule has 0 spiro atoms. The third-order valence-corrected chi connectivity index (χ3v) is 5.69. The van der Waals surface area contributed by atoms with E-state index in [9.17, 15) is 0 Å². The van der Waals surface area contributed by atoms with Crippen molar-refractivity contribution in [2.75, 3.05) is 45.9 Å². The number of ether oxygens (including phenoxy) is 1. The van der Waals surface area contributed by atoms with Gasteiger partial charge in [-0.25, -0.2) is 0 Å². The van der Waals surface area contributed by atoms with Crippen LogP contribution in [-0.2, 0) is 10.2 Å². The predicted octanol–water partition coefficient (Wildman–Crippen LogP) is 2.30. The van der Waals surface area contributed by atoms with E-state index in [1.807, 2.05) is 0 Å². The number of nitrogens with one attached hydrogen (secondary N) is 2. The summed E-state index contributed by atoms with van der Waals surface area (Å²) in [7, 11) is 0. The van der Waals surface area contributed by atoms with Gasteiger partial charge < -0.3 is 15.4 Å². The van der Waals surface area contributed by atoms with Gasteiger partial charge in [0, 0.05) is 37.6 Å². The molecule has 1 unspecified atom stereocenters. The van der Waals surface area contributed by atoms with Gasteiger partial charge in [0.25, 0.3) is 0 Å². The van der Waals surface area contributed by atoms with Gasteiger partial charge in [0.15, 0.2) is 5.96 Å². The molecule has 26 heavy (non-hydrogen) atoms. The van der Waals surface area contributed by atoms with E-state index in [1.54, 1.807) is 0 Å². The number of nitrogens with zero attached hydrogens (tertiary/aromatic N) is 2. The van der Waals surface area contributed by atoms with Crippen molar-refractivity contribution in [1.82, 2.24) is 15.5 Å². The molecule has 3 rings (SSSR count). The lowest BCUT2D eigenvalue weighted by molar-refractivity contribution is 0.0211. The second-order valence-corrected chi connectivity index (χ2v) is 7.67. The third kappa shape index (κ3) is 4.77. The number of aryl methyl sites for hydroxylation is 1. The Kier molecular flexibility index (Phi) is 6.54. The smallest absolute Gasteiger partial charge is 0.191 e. The van der Waals surface area contributed by atoms with E-state index in [0.29, 0.717) is 6.04 Å². The first-order valence-electron chi connectivity index (χ1n) is 10.0. The van der Waals surface area contributed by atoms with Crippen molar-refractivity contribution in [2.24, 2.45) is 4.99 Å². The van der Waals surface area contributed by atoms with Gasteiger partial charge in [-0.15, -0.1) is 0 Å². The molecule has 1 aromatic rings. The number of aliphatic imine (C=N–C) groups is 1. The highest BCUT2D eigenvalue weighted by molar-refractivity contribution is 5.79. The van der Waals surface area contributed by atoms with E-state index in [4.69, 9.17) is 9.73 Å². The van der Waals surface area contributed by atoms with Crippen LogP contribution in [0.1, 0.15) is 37.8 Å². The second kappa shape index (κ2) is 8.87. The molecule has 1 saturated heterocycles. The third-order valence-electron chi connectivity index (χ3n) is 5.69. The SMILES string of the molecule is CCNC(=NCC1(c2ccccc2C)CC1)NCC(C)N1CCOCC1. The average molecular weight is 359 g/mol. The first-order chi connectivity index (χ1) is 12.6. The maximum atomic E-state index is 5.45. The molecule has 2 N–H and O–H groups in total. The summed E-state index contributed by atoms with van der Waals surface area (Å²) in [5.74, 6) is 0.937. The summed E-state index contributed by atoms with van der Waals surface area (Å²) in [5.41, 5.74) is 3.11. The summed E-state index contributed by atoms with van der Waals surface area (Å²) >= 11 is 0. The van der Waals surface area contributed by atoms with E-state index in [0.717, 1.165) is 51.9 Å². The summed E-state index contributed by atoms with van der Waals surface area (Å²) < 4.78 is 5.45. The van der Waals surface area contributed by atoms with Crippen molar-refractivity contribution in [3.63, 3.8) is 0 Å². The molecule has 1 aromatic carbocycles. The summed E-state index contributed by atoms with van der Waals surface area (Å²) in [5, 5.41) is 6.94. The molecule has 144 valence electrons. The maximum absolute atomic E-state index is 5.45. The van der Waals surface area contributed by atoms with Crippen LogP contribution in [0.3, 0.4) is 0 Å². The number of guanidine groups is 1. The number of hydrogen-bond acceptors (Lipinski definition) is 3. The van der Waals surface area contributed by atoms with Gasteiger partial charge in [-0.1, -0.05) is 24.3 Å². The van der Waals surface area contributed by atoms with Crippen LogP contribution in [-0.4, -0.2) is 62.8 Å². The minimum Gasteiger partial charge on any atom is -0.379 e. The molecule has 1 saturated carbocycles. The molecule has 1 aliphatic heterocycles. The Morgan fingerprint density at radius 2 is 1.96 bits per heavy atom. The van der Waals surface area contributed by atoms with Crippen LogP contribution in [0.4, 0.5) is 0 Å². The molecule has 0 radical (unpaired) electrons. The highest BCUT2D eigenvalue weighted by atomic mass is 16.5. The summed E-state index contributed by atoms with van der Waals surface area (Å²) in [4.78, 5) is 7.42. The monoisotopic (exact) mass is 358 g/mol. The van der Waals surface area contributed by atoms with Gasteiger partial charge in [0.05, 0.1) is 19.8 Å². The molecule has 0 aromatic heterocycles. The molecule has 5 heteroatoms. The van der Waals surface area contributed by atoms with Crippen molar-refractivity contribution >= 4 is 5.96 Å². The number of hydrogen-bond donors (Lipinski definition) is 2. The fourth-order valence-corrected chi connectivity index (χ4v) is 3.80. The normalized spacial score (nSPS) is 21.3. The Balaban J connectivity index is 1.58. The van der Waals surface area contributed by atoms with E-state index in [1.165, 1.54) is 24.0 Å². The van der Waals surface area contributed by atoms with E-state index in [-0.39, 0.29) is 5.41 Å². The Morgan fingerprint density at radius 3 is 2.62 bits per heavy atom. The molecule has 0 bridgehead atoms. The first kappa shape index (κ1) is 19.2. The molecular weight excluding hydrogens is 324 g/mol. The van der Waals surface area contributed by atoms with Crippen LogP contribution in [0.2, 0.25) is 0 Å². The van der Waals surface area contributed by atoms with Crippen LogP contribution >= 0.6 is 0 Å². The van der Waals surface area contributed by atoms with Gasteiger partial charge in [-0.2, -0.15) is 0 Å². The van der Waals surface area contributed by atoms with Gasteiger partial charge in [0.1, 0.15) is 0 Å². The zero-order valence-corrected chi connectivity index (χ0v) is 16.6. The van der Waals surface area contributed by atoms with E-state index >= 15 is 0 Å². The largest absolute Gasteiger partial charge is 0.379 e. The topological polar surface area (TPSA) is 48.9 Å². The first-order valence-corrected chi connectivity index (χ1v) is 10.0. The van der Waals surface area contributed by atoms with E-state index < -0.39 is 0 Å². The molecule has 1 atom stereocenters. The predicted molar refractivity (Wildman–Crippen MR) is 108 cm³/mol. The fourth-order valence-electron chi connectivity index (χ4n) is 3.80. The molecule has 2 fully saturated rings. The highest BCUT2D eigenvalue weighted by Crippen LogP contribution is 2.49. The maximum Gasteiger partial charge on any atom is 0.191 e. The van der Waals surface area contributed by atoms with Gasteiger partial charge >= 0.3 is 0 Å². The van der Waals surface area contributed by atoms with Crippen LogP contribution in [0.25, 0.3) is 0 Å². The van der Waals surface area contributed by atoms with Crippen LogP contribution in [0, 0.1) is 6.92 Å². The minimum absolute atomic E-state index is 0.253. The molecule has 0 amide bonds. The standard InChI is InChI=1S/C21H34N4O/c1-4-22-20(23-15-18(3)25-11-13-26-14-12-25)24-16-21(9-10-21)19-8-6-5-7-17(19)2/h5-8,18H,4,9-16H2,1-3H3,(H2,22,23,24). The Labute approximate surface area is 158 Å². The van der Waals surface area contributed by atoms with Crippen LogP contribution in [0.15, 0.2) is 29.3 Å². The molecule has 2 aliphatic rings. The lowest BCUT2D eigenvalue weighted by Gasteiger charge is -2.32. The summed E-state index contributed by atoms with van der Waals surface area (Å²) in [6.07, 6.45) is 2.48. The summed E-state index contributed by atoms with van der Waals surface area (Å²) in [6.45, 7) is 13.0. The average Bonchev–Trinajstić information content (AvgIpc) is 3.46.